The molecule has 0 saturated heterocycles. The standard InChI is InChI=1S/C15H25NO4/c1-6-9-16-14(15(19-4)20-5)11-7-8-12(17-2)13(10-11)18-3/h7-8,10,14-16H,6,9H2,1-5H3. The zero-order chi connectivity index (χ0) is 15.0. The number of nitrogens with one attached hydrogen (secondary N) is 1. The molecular weight excluding hydrogens is 258 g/mol. The van der Waals surface area contributed by atoms with Crippen LogP contribution < -0.4 is 14.8 Å². The molecule has 0 radical (unpaired) electrons. The molecule has 0 fully saturated rings. The fourth-order valence-corrected chi connectivity index (χ4v) is 2.09. The van der Waals surface area contributed by atoms with Crippen LogP contribution in [0, 0.1) is 0 Å². The molecule has 0 aromatic heterocycles. The van der Waals surface area contributed by atoms with Gasteiger partial charge in [-0.05, 0) is 30.7 Å². The van der Waals surface area contributed by atoms with E-state index in [1.807, 2.05) is 18.2 Å². The van der Waals surface area contributed by atoms with E-state index in [-0.39, 0.29) is 12.3 Å². The van der Waals surface area contributed by atoms with E-state index < -0.39 is 0 Å². The summed E-state index contributed by atoms with van der Waals surface area (Å²) in [6.45, 7) is 3.00. The van der Waals surface area contributed by atoms with E-state index in [9.17, 15) is 0 Å². The lowest BCUT2D eigenvalue weighted by atomic mass is 10.1. The highest BCUT2D eigenvalue weighted by atomic mass is 16.7. The fraction of sp³-hybridized carbons (Fsp3) is 0.600. The molecule has 1 aromatic carbocycles. The molecule has 0 aliphatic carbocycles. The van der Waals surface area contributed by atoms with E-state index in [2.05, 4.69) is 12.2 Å². The highest BCUT2D eigenvalue weighted by Crippen LogP contribution is 2.31. The smallest absolute Gasteiger partial charge is 0.176 e. The molecule has 114 valence electrons. The predicted molar refractivity (Wildman–Crippen MR) is 78.4 cm³/mol. The molecular formula is C15H25NO4. The third-order valence-corrected chi connectivity index (χ3v) is 3.12. The van der Waals surface area contributed by atoms with E-state index in [1.54, 1.807) is 28.4 Å². The molecule has 1 unspecified atom stereocenters. The van der Waals surface area contributed by atoms with Crippen molar-refractivity contribution in [2.75, 3.05) is 35.0 Å². The predicted octanol–water partition coefficient (Wildman–Crippen LogP) is 2.36. The SMILES string of the molecule is CCCNC(c1ccc(OC)c(OC)c1)C(OC)OC. The van der Waals surface area contributed by atoms with Crippen molar-refractivity contribution in [3.63, 3.8) is 0 Å². The van der Waals surface area contributed by atoms with Crippen molar-refractivity contribution < 1.29 is 18.9 Å². The van der Waals surface area contributed by atoms with Gasteiger partial charge in [0, 0.05) is 14.2 Å². The fourth-order valence-electron chi connectivity index (χ4n) is 2.09. The second kappa shape index (κ2) is 8.79. The Morgan fingerprint density at radius 3 is 2.15 bits per heavy atom. The Morgan fingerprint density at radius 2 is 1.65 bits per heavy atom. The van der Waals surface area contributed by atoms with Crippen molar-refractivity contribution in [3.8, 4) is 11.5 Å². The Kier molecular flexibility index (Phi) is 7.36. The molecule has 1 N–H and O–H groups in total. The normalized spacial score (nSPS) is 12.5. The van der Waals surface area contributed by atoms with Gasteiger partial charge in [0.15, 0.2) is 17.8 Å². The molecule has 5 heteroatoms. The minimum absolute atomic E-state index is 0.0650. The monoisotopic (exact) mass is 283 g/mol. The summed E-state index contributed by atoms with van der Waals surface area (Å²) in [6, 6.07) is 5.75. The van der Waals surface area contributed by atoms with Gasteiger partial charge < -0.3 is 24.3 Å². The number of hydrogen-bond donors (Lipinski definition) is 1. The van der Waals surface area contributed by atoms with Crippen LogP contribution in [0.2, 0.25) is 0 Å². The van der Waals surface area contributed by atoms with Crippen molar-refractivity contribution in [3.05, 3.63) is 23.8 Å². The Hall–Kier alpha value is -1.30. The van der Waals surface area contributed by atoms with Gasteiger partial charge in [-0.3, -0.25) is 0 Å². The van der Waals surface area contributed by atoms with Gasteiger partial charge in [0.2, 0.25) is 0 Å². The number of ether oxygens (including phenoxy) is 4. The summed E-state index contributed by atoms with van der Waals surface area (Å²) in [6.07, 6.45) is 0.670. The highest BCUT2D eigenvalue weighted by molar-refractivity contribution is 5.44. The Morgan fingerprint density at radius 1 is 1.00 bits per heavy atom. The first kappa shape index (κ1) is 16.8. The molecule has 0 spiro atoms. The van der Waals surface area contributed by atoms with Crippen LogP contribution in [-0.4, -0.2) is 41.3 Å². The molecule has 1 atom stereocenters. The quantitative estimate of drug-likeness (QED) is 0.705. The van der Waals surface area contributed by atoms with Gasteiger partial charge in [-0.2, -0.15) is 0 Å². The van der Waals surface area contributed by atoms with Crippen LogP contribution in [0.5, 0.6) is 11.5 Å². The molecule has 1 aromatic rings. The van der Waals surface area contributed by atoms with Gasteiger partial charge in [-0.1, -0.05) is 13.0 Å². The van der Waals surface area contributed by atoms with Crippen LogP contribution in [0.4, 0.5) is 0 Å². The number of benzene rings is 1. The van der Waals surface area contributed by atoms with Crippen LogP contribution in [-0.2, 0) is 9.47 Å². The Labute approximate surface area is 121 Å². The summed E-state index contributed by atoms with van der Waals surface area (Å²) in [5, 5.41) is 3.43. The first-order chi connectivity index (χ1) is 9.71. The molecule has 0 aliphatic heterocycles. The van der Waals surface area contributed by atoms with Crippen LogP contribution in [0.1, 0.15) is 24.9 Å². The van der Waals surface area contributed by atoms with Gasteiger partial charge in [0.25, 0.3) is 0 Å². The van der Waals surface area contributed by atoms with E-state index in [4.69, 9.17) is 18.9 Å². The molecule has 0 amide bonds. The van der Waals surface area contributed by atoms with Crippen LogP contribution in [0.15, 0.2) is 18.2 Å². The lowest BCUT2D eigenvalue weighted by Gasteiger charge is -2.26. The minimum Gasteiger partial charge on any atom is -0.493 e. The average Bonchev–Trinajstić information content (AvgIpc) is 2.50. The van der Waals surface area contributed by atoms with Gasteiger partial charge >= 0.3 is 0 Å². The topological polar surface area (TPSA) is 49.0 Å². The molecule has 0 bridgehead atoms. The van der Waals surface area contributed by atoms with Gasteiger partial charge in [0.1, 0.15) is 0 Å². The largest absolute Gasteiger partial charge is 0.493 e. The maximum absolute atomic E-state index is 5.39. The molecule has 20 heavy (non-hydrogen) atoms. The molecule has 0 saturated carbocycles. The van der Waals surface area contributed by atoms with Crippen molar-refractivity contribution in [2.24, 2.45) is 0 Å². The van der Waals surface area contributed by atoms with Crippen molar-refractivity contribution in [2.45, 2.75) is 25.7 Å². The Bertz CT molecular complexity index is 393. The lowest BCUT2D eigenvalue weighted by Crippen LogP contribution is -2.35. The molecule has 0 heterocycles. The van der Waals surface area contributed by atoms with Crippen LogP contribution in [0.3, 0.4) is 0 Å². The summed E-state index contributed by atoms with van der Waals surface area (Å²) in [4.78, 5) is 0. The second-order valence-corrected chi connectivity index (χ2v) is 4.39. The van der Waals surface area contributed by atoms with E-state index in [0.717, 1.165) is 18.5 Å². The number of rotatable bonds is 9. The zero-order valence-corrected chi connectivity index (χ0v) is 12.9. The van der Waals surface area contributed by atoms with Crippen LogP contribution >= 0.6 is 0 Å². The summed E-state index contributed by atoms with van der Waals surface area (Å²) < 4.78 is 21.4. The average molecular weight is 283 g/mol. The number of methoxy groups -OCH3 is 4. The second-order valence-electron chi connectivity index (χ2n) is 4.39. The third-order valence-electron chi connectivity index (χ3n) is 3.12. The minimum atomic E-state index is -0.361. The molecule has 0 aliphatic rings. The van der Waals surface area contributed by atoms with Gasteiger partial charge in [0.05, 0.1) is 20.3 Å². The summed E-state index contributed by atoms with van der Waals surface area (Å²) >= 11 is 0. The van der Waals surface area contributed by atoms with Crippen molar-refractivity contribution in [1.29, 1.82) is 0 Å². The van der Waals surface area contributed by atoms with Gasteiger partial charge in [-0.15, -0.1) is 0 Å². The van der Waals surface area contributed by atoms with Gasteiger partial charge in [-0.25, -0.2) is 0 Å². The van der Waals surface area contributed by atoms with E-state index >= 15 is 0 Å². The first-order valence-corrected chi connectivity index (χ1v) is 6.72. The summed E-state index contributed by atoms with van der Waals surface area (Å²) in [5.41, 5.74) is 1.03. The van der Waals surface area contributed by atoms with E-state index in [1.165, 1.54) is 0 Å². The summed E-state index contributed by atoms with van der Waals surface area (Å²) in [7, 11) is 6.52. The first-order valence-electron chi connectivity index (χ1n) is 6.72. The molecule has 1 rings (SSSR count). The third kappa shape index (κ3) is 4.10. The summed E-state index contributed by atoms with van der Waals surface area (Å²) in [5.74, 6) is 1.40. The van der Waals surface area contributed by atoms with E-state index in [0.29, 0.717) is 11.5 Å². The van der Waals surface area contributed by atoms with Crippen molar-refractivity contribution in [1.82, 2.24) is 5.32 Å². The maximum Gasteiger partial charge on any atom is 0.176 e. The zero-order valence-electron chi connectivity index (χ0n) is 12.9. The number of hydrogen-bond acceptors (Lipinski definition) is 5. The molecule has 5 nitrogen and oxygen atoms in total. The van der Waals surface area contributed by atoms with Crippen LogP contribution in [0.25, 0.3) is 0 Å². The highest BCUT2D eigenvalue weighted by Gasteiger charge is 2.23. The maximum atomic E-state index is 5.39. The lowest BCUT2D eigenvalue weighted by molar-refractivity contribution is -0.124. The Balaban J connectivity index is 3.05. The van der Waals surface area contributed by atoms with Crippen molar-refractivity contribution >= 4 is 0 Å².